The Morgan fingerprint density at radius 1 is 0.903 bits per heavy atom. The Kier molecular flexibility index (Phi) is 22.4. The highest BCUT2D eigenvalue weighted by atomic mass is 35.5. The summed E-state index contributed by atoms with van der Waals surface area (Å²) in [6.45, 7) is 18.1. The van der Waals surface area contributed by atoms with Crippen molar-refractivity contribution in [3.05, 3.63) is 79.9 Å². The number of cyclic esters (lactones) is 1. The molecule has 0 saturated carbocycles. The van der Waals surface area contributed by atoms with Gasteiger partial charge in [0.15, 0.2) is 36.3 Å². The van der Waals surface area contributed by atoms with Crippen LogP contribution in [0.1, 0.15) is 111 Å². The summed E-state index contributed by atoms with van der Waals surface area (Å²) in [7, 11) is 1.26. The summed E-state index contributed by atoms with van der Waals surface area (Å²) in [5.41, 5.74) is 0.318. The molecule has 2 saturated heterocycles. The molecule has 18 nitrogen and oxygen atoms in total. The number of halogens is 2. The van der Waals surface area contributed by atoms with Gasteiger partial charge in [0.2, 0.25) is 0 Å². The van der Waals surface area contributed by atoms with Crippen molar-refractivity contribution in [2.24, 2.45) is 11.8 Å². The average molecular weight is 1060 g/mol. The molecular formula is C52H74Cl2O18. The van der Waals surface area contributed by atoms with Gasteiger partial charge >= 0.3 is 17.9 Å². The summed E-state index contributed by atoms with van der Waals surface area (Å²) >= 11 is 12.3. The van der Waals surface area contributed by atoms with Gasteiger partial charge in [0.25, 0.3) is 0 Å². The Morgan fingerprint density at radius 2 is 1.57 bits per heavy atom. The van der Waals surface area contributed by atoms with E-state index < -0.39 is 144 Å². The fraction of sp³-hybridized carbons (Fsp3) is 0.635. The lowest BCUT2D eigenvalue weighted by Gasteiger charge is -2.47. The van der Waals surface area contributed by atoms with Crippen molar-refractivity contribution in [3.8, 4) is 11.5 Å². The molecule has 7 N–H and O–H groups in total. The van der Waals surface area contributed by atoms with E-state index in [1.165, 1.54) is 33.1 Å². The molecule has 72 heavy (non-hydrogen) atoms. The molecule has 3 aliphatic heterocycles. The number of methoxy groups -OCH3 is 1. The summed E-state index contributed by atoms with van der Waals surface area (Å²) < 4.78 is 47.5. The van der Waals surface area contributed by atoms with Gasteiger partial charge in [-0.3, -0.25) is 4.79 Å². The van der Waals surface area contributed by atoms with Gasteiger partial charge in [0.05, 0.1) is 47.5 Å². The largest absolute Gasteiger partial charge is 0.505 e. The number of ether oxygens (including phenoxy) is 8. The molecule has 1 aromatic rings. The molecule has 4 rings (SSSR count). The Labute approximate surface area is 431 Å². The maximum absolute atomic E-state index is 13.9. The Morgan fingerprint density at radius 3 is 2.17 bits per heavy atom. The van der Waals surface area contributed by atoms with Crippen LogP contribution in [0.25, 0.3) is 0 Å². The second-order valence-corrected chi connectivity index (χ2v) is 20.1. The number of rotatable bonds is 13. The molecule has 2 fully saturated rings. The van der Waals surface area contributed by atoms with E-state index in [1.807, 2.05) is 32.9 Å². The first kappa shape index (κ1) is 60.7. The maximum atomic E-state index is 13.9. The van der Waals surface area contributed by atoms with Crippen LogP contribution in [0.4, 0.5) is 0 Å². The van der Waals surface area contributed by atoms with E-state index in [1.54, 1.807) is 53.7 Å². The Bertz CT molecular complexity index is 2220. The number of aliphatic hydroxyl groups is 5. The third-order valence-corrected chi connectivity index (χ3v) is 13.8. The molecule has 1 aromatic carbocycles. The van der Waals surface area contributed by atoms with Crippen LogP contribution in [-0.4, -0.2) is 153 Å². The first-order valence-electron chi connectivity index (χ1n) is 24.2. The number of esters is 3. The third-order valence-electron chi connectivity index (χ3n) is 13.0. The number of aliphatic hydroxyl groups excluding tert-OH is 5. The van der Waals surface area contributed by atoms with Crippen molar-refractivity contribution in [1.82, 2.24) is 0 Å². The van der Waals surface area contributed by atoms with Crippen LogP contribution in [0.3, 0.4) is 0 Å². The highest BCUT2D eigenvalue weighted by Crippen LogP contribution is 2.45. The minimum Gasteiger partial charge on any atom is -0.505 e. The molecule has 4 unspecified atom stereocenters. The standard InChI is InChI=1S/C52H74Cl2O18/c1-13-30-22-26(6)33(56)18-16-15-17-31(23-66-51-45(65-12)42(61)44(29(9)67-51)69-49(64)35-32(14-2)36(53)39(58)37(54)38(35)57)48(63)68-34(28(8)55)20-19-25(5)21-27(7)43(30)70-50-41(60)40(59)46(52(10,11)72-50)71-47(62)24(3)4/h15-17,19,21-22,24,28-30,33-34,40-46,50-51,55-61H,13-14,18,20,23H2,1-12H3/t28?,29-,30?,33?,34?,40-,41+,42+,43+,44-,45+,46+,50-,51-/m1/s1. The number of phenols is 2. The van der Waals surface area contributed by atoms with Crippen molar-refractivity contribution in [3.63, 3.8) is 0 Å². The van der Waals surface area contributed by atoms with Gasteiger partial charge in [0, 0.05) is 19.4 Å². The lowest BCUT2D eigenvalue weighted by atomic mass is 9.88. The number of carbonyl (C=O) groups excluding carboxylic acids is 3. The van der Waals surface area contributed by atoms with Gasteiger partial charge in [-0.1, -0.05) is 86.9 Å². The predicted octanol–water partition coefficient (Wildman–Crippen LogP) is 6.23. The van der Waals surface area contributed by atoms with Crippen LogP contribution >= 0.6 is 23.2 Å². The van der Waals surface area contributed by atoms with E-state index in [0.717, 1.165) is 0 Å². The zero-order valence-electron chi connectivity index (χ0n) is 43.0. The van der Waals surface area contributed by atoms with Crippen LogP contribution < -0.4 is 0 Å². The molecule has 0 aromatic heterocycles. The van der Waals surface area contributed by atoms with Crippen molar-refractivity contribution in [2.45, 2.75) is 187 Å². The topological polar surface area (TPSA) is 267 Å². The van der Waals surface area contributed by atoms with Gasteiger partial charge in [-0.15, -0.1) is 0 Å². The second-order valence-electron chi connectivity index (χ2n) is 19.4. The maximum Gasteiger partial charge on any atom is 0.342 e. The first-order chi connectivity index (χ1) is 33.7. The van der Waals surface area contributed by atoms with Crippen molar-refractivity contribution in [2.75, 3.05) is 13.7 Å². The van der Waals surface area contributed by atoms with E-state index in [9.17, 15) is 50.1 Å². The van der Waals surface area contributed by atoms with Gasteiger partial charge in [-0.2, -0.15) is 0 Å². The fourth-order valence-electron chi connectivity index (χ4n) is 8.60. The zero-order chi connectivity index (χ0) is 54.1. The molecule has 20 heteroatoms. The summed E-state index contributed by atoms with van der Waals surface area (Å²) in [6, 6.07) is 0. The molecule has 3 aliphatic rings. The minimum atomic E-state index is -1.61. The highest BCUT2D eigenvalue weighted by Gasteiger charge is 2.53. The molecule has 0 spiro atoms. The smallest absolute Gasteiger partial charge is 0.342 e. The lowest BCUT2D eigenvalue weighted by Crippen LogP contribution is -2.64. The molecule has 14 atom stereocenters. The van der Waals surface area contributed by atoms with Gasteiger partial charge in [0.1, 0.15) is 46.7 Å². The molecule has 3 heterocycles. The molecule has 0 radical (unpaired) electrons. The normalized spacial score (nSPS) is 31.5. The minimum absolute atomic E-state index is 0.0372. The van der Waals surface area contributed by atoms with Crippen LogP contribution in [0.2, 0.25) is 10.0 Å². The molecule has 404 valence electrons. The average Bonchev–Trinajstić information content (AvgIpc) is 3.32. The zero-order valence-corrected chi connectivity index (χ0v) is 44.5. The fourth-order valence-corrected chi connectivity index (χ4v) is 9.16. The van der Waals surface area contributed by atoms with Gasteiger partial charge in [-0.25, -0.2) is 9.59 Å². The van der Waals surface area contributed by atoms with Crippen LogP contribution in [0, 0.1) is 11.8 Å². The Hall–Kier alpha value is -3.89. The quantitative estimate of drug-likeness (QED) is 0.0655. The van der Waals surface area contributed by atoms with E-state index in [4.69, 9.17) is 61.1 Å². The van der Waals surface area contributed by atoms with E-state index in [0.29, 0.717) is 23.1 Å². The molecule has 0 aliphatic carbocycles. The number of carbonyl (C=O) groups is 3. The molecule has 0 bridgehead atoms. The van der Waals surface area contributed by atoms with Crippen molar-refractivity contribution >= 4 is 41.1 Å². The van der Waals surface area contributed by atoms with Gasteiger partial charge < -0.3 is 73.6 Å². The summed E-state index contributed by atoms with van der Waals surface area (Å²) in [5, 5.41) is 76.5. The van der Waals surface area contributed by atoms with E-state index in [-0.39, 0.29) is 35.4 Å². The van der Waals surface area contributed by atoms with Gasteiger partial charge in [-0.05, 0) is 90.5 Å². The highest BCUT2D eigenvalue weighted by molar-refractivity contribution is 6.39. The summed E-state index contributed by atoms with van der Waals surface area (Å²) in [4.78, 5) is 40.0. The number of hydrogen-bond acceptors (Lipinski definition) is 18. The second kappa shape index (κ2) is 26.5. The molecular weight excluding hydrogens is 983 g/mol. The number of hydrogen-bond donors (Lipinski definition) is 7. The number of aromatic hydroxyl groups is 2. The van der Waals surface area contributed by atoms with Crippen LogP contribution in [0.15, 0.2) is 58.7 Å². The van der Waals surface area contributed by atoms with Crippen LogP contribution in [-0.2, 0) is 53.9 Å². The SMILES string of the molecule is CCc1c(Cl)c(O)c(Cl)c(O)c1C(=O)O[C@H]1[C@H](O)[C@H](OC)[C@H](OCC2=CC=CCC(O)C(C)=CC(CC)[C@@H](O[C@@H]3OC(C)(C)[C@@H](OC(=O)C(C)C)[C@H](O)[C@@H]3O)C(C)=CC(C)=CCC(C(C)O)OC2=O)O[C@@H]1C. The van der Waals surface area contributed by atoms with E-state index in [2.05, 4.69) is 0 Å². The van der Waals surface area contributed by atoms with E-state index >= 15 is 0 Å². The molecule has 0 amide bonds. The van der Waals surface area contributed by atoms with Crippen LogP contribution in [0.5, 0.6) is 11.5 Å². The summed E-state index contributed by atoms with van der Waals surface area (Å²) in [6.07, 6.45) is -5.45. The Balaban J connectivity index is 1.61. The predicted molar refractivity (Wildman–Crippen MR) is 265 cm³/mol. The first-order valence-corrected chi connectivity index (χ1v) is 24.9. The number of phenolic OH excluding ortho intramolecular Hbond substituents is 2. The third kappa shape index (κ3) is 14.7. The number of benzene rings is 1. The summed E-state index contributed by atoms with van der Waals surface area (Å²) in [5.74, 6) is -4.78. The monoisotopic (exact) mass is 1060 g/mol. The van der Waals surface area contributed by atoms with Crippen molar-refractivity contribution in [1.29, 1.82) is 0 Å². The van der Waals surface area contributed by atoms with Crippen molar-refractivity contribution < 1.29 is 88.0 Å². The number of allylic oxidation sites excluding steroid dienone is 4. The lowest BCUT2D eigenvalue weighted by molar-refractivity contribution is -0.333.